The number of hydrogen-bond donors (Lipinski definition) is 1. The maximum Gasteiger partial charge on any atom is 0.258 e. The molecule has 0 bridgehead atoms. The van der Waals surface area contributed by atoms with E-state index in [-0.39, 0.29) is 11.6 Å². The molecule has 1 unspecified atom stereocenters. The van der Waals surface area contributed by atoms with Crippen LogP contribution in [0.25, 0.3) is 10.9 Å². The Labute approximate surface area is 133 Å². The first-order chi connectivity index (χ1) is 11.3. The van der Waals surface area contributed by atoms with Gasteiger partial charge in [0.15, 0.2) is 0 Å². The van der Waals surface area contributed by atoms with Crippen molar-refractivity contribution >= 4 is 10.9 Å². The van der Waals surface area contributed by atoms with Crippen molar-refractivity contribution in [1.29, 1.82) is 0 Å². The second-order valence-corrected chi connectivity index (χ2v) is 5.83. The standard InChI is InChI=1S/C16H18N6O/c23-16-12-4-1-2-5-13(12)18-15(19-16)14-6-3-8-21(14)10-11-22-9-7-17-20-22/h1-2,4-5,7,9,14H,3,6,8,10-11H2,(H,18,19,23). The average molecular weight is 310 g/mol. The van der Waals surface area contributed by atoms with E-state index in [0.29, 0.717) is 5.39 Å². The van der Waals surface area contributed by atoms with Crippen LogP contribution in [0.15, 0.2) is 41.5 Å². The first-order valence-corrected chi connectivity index (χ1v) is 7.88. The molecule has 3 heterocycles. The molecule has 0 amide bonds. The molecule has 4 rings (SSSR count). The fourth-order valence-corrected chi connectivity index (χ4v) is 3.25. The highest BCUT2D eigenvalue weighted by Crippen LogP contribution is 2.29. The van der Waals surface area contributed by atoms with Gasteiger partial charge in [0.25, 0.3) is 5.56 Å². The molecule has 0 saturated carbocycles. The Balaban J connectivity index is 1.59. The highest BCUT2D eigenvalue weighted by atomic mass is 16.1. The summed E-state index contributed by atoms with van der Waals surface area (Å²) in [5.41, 5.74) is 0.697. The van der Waals surface area contributed by atoms with Crippen LogP contribution in [0.2, 0.25) is 0 Å². The molecule has 7 heteroatoms. The minimum absolute atomic E-state index is 0.0614. The first kappa shape index (κ1) is 14.1. The van der Waals surface area contributed by atoms with Crippen LogP contribution in [0.5, 0.6) is 0 Å². The van der Waals surface area contributed by atoms with Crippen molar-refractivity contribution in [2.75, 3.05) is 13.1 Å². The summed E-state index contributed by atoms with van der Waals surface area (Å²) < 4.78 is 1.83. The summed E-state index contributed by atoms with van der Waals surface area (Å²) >= 11 is 0. The molecule has 3 aromatic rings. The molecule has 23 heavy (non-hydrogen) atoms. The molecule has 1 aromatic carbocycles. The number of rotatable bonds is 4. The lowest BCUT2D eigenvalue weighted by atomic mass is 10.2. The number of fused-ring (bicyclic) bond motifs is 1. The van der Waals surface area contributed by atoms with Gasteiger partial charge in [-0.05, 0) is 31.5 Å². The number of para-hydroxylation sites is 1. The van der Waals surface area contributed by atoms with Gasteiger partial charge in [0.1, 0.15) is 5.82 Å². The lowest BCUT2D eigenvalue weighted by Gasteiger charge is -2.23. The Morgan fingerprint density at radius 3 is 3.04 bits per heavy atom. The molecule has 1 N–H and O–H groups in total. The Morgan fingerprint density at radius 2 is 2.17 bits per heavy atom. The van der Waals surface area contributed by atoms with Crippen LogP contribution in [0.4, 0.5) is 0 Å². The molecule has 0 radical (unpaired) electrons. The summed E-state index contributed by atoms with van der Waals surface area (Å²) in [5, 5.41) is 8.46. The Bertz CT molecular complexity index is 856. The molecule has 1 saturated heterocycles. The van der Waals surface area contributed by atoms with Gasteiger partial charge in [-0.1, -0.05) is 17.3 Å². The summed E-state index contributed by atoms with van der Waals surface area (Å²) in [6, 6.07) is 7.63. The summed E-state index contributed by atoms with van der Waals surface area (Å²) in [6.45, 7) is 2.66. The molecule has 1 aliphatic heterocycles. The molecular weight excluding hydrogens is 292 g/mol. The molecular formula is C16H18N6O. The van der Waals surface area contributed by atoms with Crippen molar-refractivity contribution in [3.05, 3.63) is 52.8 Å². The van der Waals surface area contributed by atoms with Crippen molar-refractivity contribution in [3.63, 3.8) is 0 Å². The van der Waals surface area contributed by atoms with Gasteiger partial charge in [-0.3, -0.25) is 14.4 Å². The molecule has 1 fully saturated rings. The van der Waals surface area contributed by atoms with E-state index in [9.17, 15) is 4.79 Å². The highest BCUT2D eigenvalue weighted by Gasteiger charge is 2.28. The van der Waals surface area contributed by atoms with Crippen LogP contribution in [0, 0.1) is 0 Å². The number of aromatic nitrogens is 5. The van der Waals surface area contributed by atoms with Crippen LogP contribution < -0.4 is 5.56 Å². The zero-order valence-electron chi connectivity index (χ0n) is 12.7. The smallest absolute Gasteiger partial charge is 0.258 e. The van der Waals surface area contributed by atoms with E-state index < -0.39 is 0 Å². The fourth-order valence-electron chi connectivity index (χ4n) is 3.25. The Kier molecular flexibility index (Phi) is 3.63. The monoisotopic (exact) mass is 310 g/mol. The molecule has 1 aliphatic rings. The van der Waals surface area contributed by atoms with Gasteiger partial charge in [0, 0.05) is 12.7 Å². The number of likely N-dealkylation sites (tertiary alicyclic amines) is 1. The quantitative estimate of drug-likeness (QED) is 0.787. The van der Waals surface area contributed by atoms with Gasteiger partial charge >= 0.3 is 0 Å². The van der Waals surface area contributed by atoms with Crippen LogP contribution >= 0.6 is 0 Å². The van der Waals surface area contributed by atoms with Gasteiger partial charge in [0.05, 0.1) is 29.7 Å². The number of benzene rings is 1. The van der Waals surface area contributed by atoms with Crippen molar-refractivity contribution in [2.24, 2.45) is 0 Å². The summed E-state index contributed by atoms with van der Waals surface area (Å²) in [6.07, 6.45) is 5.67. The van der Waals surface area contributed by atoms with Crippen LogP contribution in [0.3, 0.4) is 0 Å². The van der Waals surface area contributed by atoms with Gasteiger partial charge in [-0.15, -0.1) is 5.10 Å². The van der Waals surface area contributed by atoms with Gasteiger partial charge in [-0.25, -0.2) is 4.98 Å². The van der Waals surface area contributed by atoms with Crippen LogP contribution in [-0.2, 0) is 6.54 Å². The Hall–Kier alpha value is -2.54. The van der Waals surface area contributed by atoms with E-state index in [1.807, 2.05) is 35.1 Å². The van der Waals surface area contributed by atoms with Crippen molar-refractivity contribution in [1.82, 2.24) is 29.9 Å². The Morgan fingerprint density at radius 1 is 1.26 bits per heavy atom. The molecule has 0 aliphatic carbocycles. The van der Waals surface area contributed by atoms with Crippen LogP contribution in [-0.4, -0.2) is 43.0 Å². The maximum atomic E-state index is 12.3. The molecule has 7 nitrogen and oxygen atoms in total. The summed E-state index contributed by atoms with van der Waals surface area (Å²) in [7, 11) is 0. The van der Waals surface area contributed by atoms with Crippen molar-refractivity contribution in [2.45, 2.75) is 25.4 Å². The van der Waals surface area contributed by atoms with E-state index in [4.69, 9.17) is 0 Å². The van der Waals surface area contributed by atoms with Gasteiger partial charge in [0.2, 0.25) is 0 Å². The van der Waals surface area contributed by atoms with Crippen molar-refractivity contribution in [3.8, 4) is 0 Å². The number of aromatic amines is 1. The largest absolute Gasteiger partial charge is 0.309 e. The predicted molar refractivity (Wildman–Crippen MR) is 85.9 cm³/mol. The summed E-state index contributed by atoms with van der Waals surface area (Å²) in [5.74, 6) is 0.768. The molecule has 0 spiro atoms. The molecule has 118 valence electrons. The third kappa shape index (κ3) is 2.75. The maximum absolute atomic E-state index is 12.3. The summed E-state index contributed by atoms with van der Waals surface area (Å²) in [4.78, 5) is 22.3. The molecule has 2 aromatic heterocycles. The number of hydrogen-bond acceptors (Lipinski definition) is 5. The predicted octanol–water partition coefficient (Wildman–Crippen LogP) is 1.35. The minimum atomic E-state index is -0.0614. The lowest BCUT2D eigenvalue weighted by Crippen LogP contribution is -2.29. The third-order valence-electron chi connectivity index (χ3n) is 4.40. The van der Waals surface area contributed by atoms with Crippen molar-refractivity contribution < 1.29 is 0 Å². The van der Waals surface area contributed by atoms with Gasteiger partial charge in [-0.2, -0.15) is 0 Å². The van der Waals surface area contributed by atoms with E-state index in [1.165, 1.54) is 0 Å². The van der Waals surface area contributed by atoms with Gasteiger partial charge < -0.3 is 4.98 Å². The van der Waals surface area contributed by atoms with E-state index >= 15 is 0 Å². The zero-order valence-corrected chi connectivity index (χ0v) is 12.7. The lowest BCUT2D eigenvalue weighted by molar-refractivity contribution is 0.234. The number of H-pyrrole nitrogens is 1. The number of nitrogens with zero attached hydrogens (tertiary/aromatic N) is 5. The first-order valence-electron chi connectivity index (χ1n) is 7.88. The second kappa shape index (κ2) is 5.92. The minimum Gasteiger partial charge on any atom is -0.309 e. The number of nitrogens with one attached hydrogen (secondary N) is 1. The zero-order chi connectivity index (χ0) is 15.6. The van der Waals surface area contributed by atoms with Crippen LogP contribution in [0.1, 0.15) is 24.7 Å². The average Bonchev–Trinajstić information content (AvgIpc) is 3.24. The highest BCUT2D eigenvalue weighted by molar-refractivity contribution is 5.77. The van der Waals surface area contributed by atoms with E-state index in [2.05, 4.69) is 25.2 Å². The van der Waals surface area contributed by atoms with E-state index in [0.717, 1.165) is 43.8 Å². The fraction of sp³-hybridized carbons (Fsp3) is 0.375. The normalized spacial score (nSPS) is 18.7. The van der Waals surface area contributed by atoms with E-state index in [1.54, 1.807) is 6.20 Å². The SMILES string of the molecule is O=c1[nH]c(C2CCCN2CCn2ccnn2)nc2ccccc12. The third-order valence-corrected chi connectivity index (χ3v) is 4.40. The molecule has 1 atom stereocenters. The second-order valence-electron chi connectivity index (χ2n) is 5.83. The topological polar surface area (TPSA) is 79.7 Å².